The Kier molecular flexibility index (Phi) is 5.51. The summed E-state index contributed by atoms with van der Waals surface area (Å²) in [6.07, 6.45) is 4.42. The SMILES string of the molecule is C[C@@H]1C=CC[C@@H]2C(=O)N(c3cccc(OC(=O)[C@@H]4CC(=O)N(c5ccc(F)cc5)C4)c3)C(=O)[C@H]12. The fourth-order valence-electron chi connectivity index (χ4n) is 5.02. The molecule has 0 saturated carbocycles. The highest BCUT2D eigenvalue weighted by molar-refractivity contribution is 6.22. The summed E-state index contributed by atoms with van der Waals surface area (Å²) >= 11 is 0. The number of ether oxygens (including phenoxy) is 1. The molecule has 4 atom stereocenters. The average molecular weight is 462 g/mol. The van der Waals surface area contributed by atoms with Crippen LogP contribution in [0.5, 0.6) is 5.75 Å². The Bertz CT molecular complexity index is 1210. The van der Waals surface area contributed by atoms with Crippen molar-refractivity contribution in [3.63, 3.8) is 0 Å². The molecule has 2 fully saturated rings. The summed E-state index contributed by atoms with van der Waals surface area (Å²) < 4.78 is 18.7. The number of halogens is 1. The zero-order chi connectivity index (χ0) is 24.0. The molecule has 2 aromatic rings. The van der Waals surface area contributed by atoms with Gasteiger partial charge in [-0.2, -0.15) is 0 Å². The van der Waals surface area contributed by atoms with E-state index in [1.54, 1.807) is 18.2 Å². The van der Waals surface area contributed by atoms with Gasteiger partial charge in [-0.25, -0.2) is 9.29 Å². The number of rotatable bonds is 4. The Balaban J connectivity index is 1.30. The van der Waals surface area contributed by atoms with E-state index < -0.39 is 17.7 Å². The fraction of sp³-hybridized carbons (Fsp3) is 0.308. The van der Waals surface area contributed by atoms with E-state index in [1.165, 1.54) is 40.1 Å². The summed E-state index contributed by atoms with van der Waals surface area (Å²) in [5.41, 5.74) is 0.872. The van der Waals surface area contributed by atoms with Gasteiger partial charge in [-0.15, -0.1) is 0 Å². The van der Waals surface area contributed by atoms with Crippen molar-refractivity contribution in [3.8, 4) is 5.75 Å². The Morgan fingerprint density at radius 1 is 1.03 bits per heavy atom. The summed E-state index contributed by atoms with van der Waals surface area (Å²) in [5, 5.41) is 0. The number of carbonyl (C=O) groups excluding carboxylic acids is 4. The van der Waals surface area contributed by atoms with Crippen LogP contribution in [0.15, 0.2) is 60.7 Å². The van der Waals surface area contributed by atoms with Gasteiger partial charge in [-0.1, -0.05) is 25.1 Å². The number of hydrogen-bond donors (Lipinski definition) is 0. The molecular formula is C26H23FN2O5. The van der Waals surface area contributed by atoms with E-state index in [9.17, 15) is 23.6 Å². The molecule has 2 heterocycles. The molecule has 8 heteroatoms. The van der Waals surface area contributed by atoms with Crippen LogP contribution in [0.1, 0.15) is 19.8 Å². The highest BCUT2D eigenvalue weighted by Crippen LogP contribution is 2.41. The van der Waals surface area contributed by atoms with Crippen LogP contribution in [0.25, 0.3) is 0 Å². The quantitative estimate of drug-likeness (QED) is 0.301. The largest absolute Gasteiger partial charge is 0.426 e. The van der Waals surface area contributed by atoms with Crippen LogP contribution < -0.4 is 14.5 Å². The van der Waals surface area contributed by atoms with Gasteiger partial charge in [0.1, 0.15) is 11.6 Å². The Hall–Kier alpha value is -3.81. The van der Waals surface area contributed by atoms with E-state index in [1.807, 2.05) is 19.1 Å². The van der Waals surface area contributed by atoms with Gasteiger partial charge in [0.2, 0.25) is 17.7 Å². The first-order valence-electron chi connectivity index (χ1n) is 11.3. The molecule has 3 aliphatic rings. The maximum Gasteiger partial charge on any atom is 0.316 e. The topological polar surface area (TPSA) is 84.0 Å². The van der Waals surface area contributed by atoms with Crippen molar-refractivity contribution in [1.29, 1.82) is 0 Å². The van der Waals surface area contributed by atoms with Gasteiger partial charge in [-0.05, 0) is 48.7 Å². The first-order chi connectivity index (χ1) is 16.3. The lowest BCUT2D eigenvalue weighted by atomic mass is 9.78. The van der Waals surface area contributed by atoms with Crippen molar-refractivity contribution < 1.29 is 28.3 Å². The summed E-state index contributed by atoms with van der Waals surface area (Å²) in [6.45, 7) is 2.05. The van der Waals surface area contributed by atoms with Crippen LogP contribution in [0.4, 0.5) is 15.8 Å². The standard InChI is InChI=1S/C26H23FN2O5/c1-15-4-2-7-21-23(15)25(32)29(24(21)31)19-5-3-6-20(13-19)34-26(33)16-12-22(30)28(14-16)18-10-8-17(27)9-11-18/h2-6,8-11,13,15-16,21,23H,7,12,14H2,1H3/t15-,16-,21+,23-/m1/s1. The van der Waals surface area contributed by atoms with Crippen LogP contribution in [0, 0.1) is 29.5 Å². The van der Waals surface area contributed by atoms with Crippen molar-refractivity contribution in [2.75, 3.05) is 16.3 Å². The number of esters is 1. The van der Waals surface area contributed by atoms with Gasteiger partial charge in [0.25, 0.3) is 0 Å². The molecular weight excluding hydrogens is 439 g/mol. The van der Waals surface area contributed by atoms with Gasteiger partial charge in [-0.3, -0.25) is 19.2 Å². The molecule has 2 saturated heterocycles. The molecule has 0 radical (unpaired) electrons. The Morgan fingerprint density at radius 3 is 2.53 bits per heavy atom. The van der Waals surface area contributed by atoms with Gasteiger partial charge in [0, 0.05) is 24.7 Å². The van der Waals surface area contributed by atoms with Gasteiger partial charge >= 0.3 is 5.97 Å². The molecule has 0 unspecified atom stereocenters. The fourth-order valence-corrected chi connectivity index (χ4v) is 5.02. The smallest absolute Gasteiger partial charge is 0.316 e. The minimum atomic E-state index is -0.689. The second-order valence-corrected chi connectivity index (χ2v) is 8.97. The normalized spacial score (nSPS) is 26.2. The summed E-state index contributed by atoms with van der Waals surface area (Å²) in [6, 6.07) is 11.8. The number of anilines is 2. The lowest BCUT2D eigenvalue weighted by Crippen LogP contribution is -2.31. The number of carbonyl (C=O) groups is 4. The predicted octanol–water partition coefficient (Wildman–Crippen LogP) is 3.49. The van der Waals surface area contributed by atoms with Crippen molar-refractivity contribution in [1.82, 2.24) is 0 Å². The monoisotopic (exact) mass is 462 g/mol. The number of hydrogen-bond acceptors (Lipinski definition) is 5. The molecule has 1 aliphatic carbocycles. The van der Waals surface area contributed by atoms with Gasteiger partial charge in [0.15, 0.2) is 0 Å². The van der Waals surface area contributed by atoms with Crippen molar-refractivity contribution in [2.24, 2.45) is 23.7 Å². The highest BCUT2D eigenvalue weighted by Gasteiger charge is 2.50. The lowest BCUT2D eigenvalue weighted by Gasteiger charge is -2.22. The molecule has 7 nitrogen and oxygen atoms in total. The van der Waals surface area contributed by atoms with E-state index in [0.29, 0.717) is 17.8 Å². The maximum absolute atomic E-state index is 13.2. The van der Waals surface area contributed by atoms with E-state index in [4.69, 9.17) is 4.74 Å². The molecule has 34 heavy (non-hydrogen) atoms. The maximum atomic E-state index is 13.2. The van der Waals surface area contributed by atoms with E-state index in [-0.39, 0.29) is 54.2 Å². The summed E-state index contributed by atoms with van der Waals surface area (Å²) in [4.78, 5) is 53.8. The van der Waals surface area contributed by atoms with Gasteiger partial charge in [0.05, 0.1) is 23.4 Å². The van der Waals surface area contributed by atoms with Crippen LogP contribution in [-0.4, -0.2) is 30.2 Å². The predicted molar refractivity (Wildman–Crippen MR) is 121 cm³/mol. The van der Waals surface area contributed by atoms with Gasteiger partial charge < -0.3 is 9.64 Å². The van der Waals surface area contributed by atoms with Crippen molar-refractivity contribution in [3.05, 3.63) is 66.5 Å². The number of nitrogens with zero attached hydrogens (tertiary/aromatic N) is 2. The van der Waals surface area contributed by atoms with Crippen LogP contribution >= 0.6 is 0 Å². The first-order valence-corrected chi connectivity index (χ1v) is 11.3. The molecule has 0 aromatic heterocycles. The zero-order valence-corrected chi connectivity index (χ0v) is 18.5. The molecule has 2 aliphatic heterocycles. The average Bonchev–Trinajstić information content (AvgIpc) is 3.33. The molecule has 0 bridgehead atoms. The Morgan fingerprint density at radius 2 is 1.79 bits per heavy atom. The second-order valence-electron chi connectivity index (χ2n) is 8.97. The zero-order valence-electron chi connectivity index (χ0n) is 18.5. The molecule has 0 N–H and O–H groups in total. The molecule has 5 rings (SSSR count). The minimum Gasteiger partial charge on any atom is -0.426 e. The van der Waals surface area contributed by atoms with E-state index >= 15 is 0 Å². The second kappa shape index (κ2) is 8.52. The number of fused-ring (bicyclic) bond motifs is 1. The Labute approximate surface area is 195 Å². The summed E-state index contributed by atoms with van der Waals surface area (Å²) in [7, 11) is 0. The first kappa shape index (κ1) is 22.0. The molecule has 174 valence electrons. The van der Waals surface area contributed by atoms with Crippen molar-refractivity contribution >= 4 is 35.1 Å². The number of amides is 3. The number of allylic oxidation sites excluding steroid dienone is 2. The lowest BCUT2D eigenvalue weighted by molar-refractivity contribution is -0.139. The third kappa shape index (κ3) is 3.79. The number of benzene rings is 2. The minimum absolute atomic E-state index is 0.0206. The highest BCUT2D eigenvalue weighted by atomic mass is 19.1. The molecule has 2 aromatic carbocycles. The van der Waals surface area contributed by atoms with Crippen molar-refractivity contribution in [2.45, 2.75) is 19.8 Å². The van der Waals surface area contributed by atoms with Crippen LogP contribution in [0.2, 0.25) is 0 Å². The van der Waals surface area contributed by atoms with E-state index in [2.05, 4.69) is 0 Å². The summed E-state index contributed by atoms with van der Waals surface area (Å²) in [5.74, 6) is -3.01. The molecule has 3 amide bonds. The van der Waals surface area contributed by atoms with Crippen LogP contribution in [0.3, 0.4) is 0 Å². The van der Waals surface area contributed by atoms with E-state index in [0.717, 1.165) is 0 Å². The third-order valence-corrected chi connectivity index (χ3v) is 6.76. The molecule has 0 spiro atoms. The van der Waals surface area contributed by atoms with Crippen LogP contribution in [-0.2, 0) is 19.2 Å². The third-order valence-electron chi connectivity index (χ3n) is 6.76. The number of imide groups is 1.